The second-order valence-corrected chi connectivity index (χ2v) is 5.58. The second-order valence-electron chi connectivity index (χ2n) is 4.10. The maximum atomic E-state index is 11.9. The fraction of sp³-hybridized carbons (Fsp3) is 0.417. The van der Waals surface area contributed by atoms with E-state index in [1.165, 1.54) is 18.7 Å². The average Bonchev–Trinajstić information content (AvgIpc) is 2.59. The molecule has 4 nitrogen and oxygen atoms in total. The van der Waals surface area contributed by atoms with Crippen LogP contribution in [0.3, 0.4) is 0 Å². The van der Waals surface area contributed by atoms with E-state index in [2.05, 4.69) is 4.98 Å². The van der Waals surface area contributed by atoms with Gasteiger partial charge in [0.05, 0.1) is 11.9 Å². The molecule has 2 heterocycles. The lowest BCUT2D eigenvalue weighted by molar-refractivity contribution is -0.117. The first-order valence-electron chi connectivity index (χ1n) is 5.46. The number of pyridine rings is 1. The summed E-state index contributed by atoms with van der Waals surface area (Å²) in [5.41, 5.74) is 1.88. The van der Waals surface area contributed by atoms with Gasteiger partial charge in [-0.2, -0.15) is 0 Å². The van der Waals surface area contributed by atoms with E-state index in [-0.39, 0.29) is 16.3 Å². The number of thioether (sulfide) groups is 1. The zero-order valence-corrected chi connectivity index (χ0v) is 10.7. The van der Waals surface area contributed by atoms with Crippen LogP contribution < -0.4 is 4.90 Å². The SMILES string of the molecule is CC(=O)SC1CC(=O)N(c2cnccc2C)C1. The molecule has 1 aromatic rings. The van der Waals surface area contributed by atoms with Crippen molar-refractivity contribution >= 4 is 28.5 Å². The first-order chi connectivity index (χ1) is 8.08. The Hall–Kier alpha value is -1.36. The normalized spacial score (nSPS) is 19.8. The lowest BCUT2D eigenvalue weighted by atomic mass is 10.2. The molecule has 2 rings (SSSR count). The molecule has 0 N–H and O–H groups in total. The fourth-order valence-corrected chi connectivity index (χ4v) is 2.88. The van der Waals surface area contributed by atoms with Crippen molar-refractivity contribution in [1.82, 2.24) is 4.98 Å². The molecule has 1 amide bonds. The number of nitrogens with zero attached hydrogens (tertiary/aromatic N) is 2. The molecule has 1 aliphatic heterocycles. The summed E-state index contributed by atoms with van der Waals surface area (Å²) < 4.78 is 0. The summed E-state index contributed by atoms with van der Waals surface area (Å²) in [7, 11) is 0. The molecule has 90 valence electrons. The number of carbonyl (C=O) groups is 2. The van der Waals surface area contributed by atoms with Crippen LogP contribution in [0.4, 0.5) is 5.69 Å². The Labute approximate surface area is 104 Å². The Morgan fingerprint density at radius 2 is 2.35 bits per heavy atom. The molecule has 1 atom stereocenters. The smallest absolute Gasteiger partial charge is 0.228 e. The molecule has 0 aliphatic carbocycles. The standard InChI is InChI=1S/C12H14N2O2S/c1-8-3-4-13-6-11(8)14-7-10(5-12(14)16)17-9(2)15/h3-4,6,10H,5,7H2,1-2H3. The zero-order valence-electron chi connectivity index (χ0n) is 9.84. The Balaban J connectivity index is 2.16. The first-order valence-corrected chi connectivity index (χ1v) is 6.34. The van der Waals surface area contributed by atoms with Gasteiger partial charge >= 0.3 is 0 Å². The quantitative estimate of drug-likeness (QED) is 0.802. The van der Waals surface area contributed by atoms with Crippen molar-refractivity contribution in [3.05, 3.63) is 24.0 Å². The number of anilines is 1. The lowest BCUT2D eigenvalue weighted by Crippen LogP contribution is -2.25. The van der Waals surface area contributed by atoms with Crippen molar-refractivity contribution in [2.45, 2.75) is 25.5 Å². The van der Waals surface area contributed by atoms with Crippen molar-refractivity contribution in [1.29, 1.82) is 0 Å². The van der Waals surface area contributed by atoms with E-state index in [1.54, 1.807) is 17.3 Å². The van der Waals surface area contributed by atoms with Gasteiger partial charge in [-0.1, -0.05) is 11.8 Å². The maximum Gasteiger partial charge on any atom is 0.228 e. The molecule has 0 bridgehead atoms. The van der Waals surface area contributed by atoms with Crippen LogP contribution in [0.25, 0.3) is 0 Å². The van der Waals surface area contributed by atoms with Crippen LogP contribution in [-0.4, -0.2) is 27.8 Å². The highest BCUT2D eigenvalue weighted by Crippen LogP contribution is 2.29. The highest BCUT2D eigenvalue weighted by molar-refractivity contribution is 8.14. The van der Waals surface area contributed by atoms with Gasteiger partial charge in [-0.15, -0.1) is 0 Å². The van der Waals surface area contributed by atoms with E-state index >= 15 is 0 Å². The van der Waals surface area contributed by atoms with Gasteiger partial charge in [0.25, 0.3) is 0 Å². The monoisotopic (exact) mass is 250 g/mol. The number of amides is 1. The third kappa shape index (κ3) is 2.66. The van der Waals surface area contributed by atoms with Crippen LogP contribution in [0, 0.1) is 6.92 Å². The molecular formula is C12H14N2O2S. The maximum absolute atomic E-state index is 11.9. The summed E-state index contributed by atoms with van der Waals surface area (Å²) in [6.45, 7) is 4.08. The molecule has 1 fully saturated rings. The molecule has 0 aromatic carbocycles. The summed E-state index contributed by atoms with van der Waals surface area (Å²) in [5, 5.41) is 0.132. The van der Waals surface area contributed by atoms with Crippen molar-refractivity contribution in [3.63, 3.8) is 0 Å². The van der Waals surface area contributed by atoms with Gasteiger partial charge in [0, 0.05) is 31.3 Å². The van der Waals surface area contributed by atoms with E-state index < -0.39 is 0 Å². The minimum absolute atomic E-state index is 0.0626. The molecule has 0 radical (unpaired) electrons. The topological polar surface area (TPSA) is 50.3 Å². The molecule has 0 spiro atoms. The third-order valence-corrected chi connectivity index (χ3v) is 3.71. The molecule has 5 heteroatoms. The van der Waals surface area contributed by atoms with Crippen LogP contribution >= 0.6 is 11.8 Å². The van der Waals surface area contributed by atoms with Crippen LogP contribution in [0.2, 0.25) is 0 Å². The second kappa shape index (κ2) is 4.87. The van der Waals surface area contributed by atoms with Gasteiger partial charge in [-0.3, -0.25) is 14.6 Å². The van der Waals surface area contributed by atoms with Crippen molar-refractivity contribution in [2.24, 2.45) is 0 Å². The van der Waals surface area contributed by atoms with Gasteiger partial charge in [0.2, 0.25) is 5.91 Å². The van der Waals surface area contributed by atoms with Gasteiger partial charge in [-0.25, -0.2) is 0 Å². The fourth-order valence-electron chi connectivity index (χ4n) is 1.96. The summed E-state index contributed by atoms with van der Waals surface area (Å²) in [5.74, 6) is 0.0693. The summed E-state index contributed by atoms with van der Waals surface area (Å²) in [6.07, 6.45) is 3.84. The highest BCUT2D eigenvalue weighted by Gasteiger charge is 2.32. The highest BCUT2D eigenvalue weighted by atomic mass is 32.2. The molecule has 0 saturated carbocycles. The Bertz CT molecular complexity index is 462. The average molecular weight is 250 g/mol. The minimum atomic E-state index is 0.0626. The largest absolute Gasteiger partial charge is 0.309 e. The van der Waals surface area contributed by atoms with Crippen molar-refractivity contribution in [3.8, 4) is 0 Å². The van der Waals surface area contributed by atoms with E-state index in [4.69, 9.17) is 0 Å². The summed E-state index contributed by atoms with van der Waals surface area (Å²) in [6, 6.07) is 1.88. The first kappa shape index (κ1) is 12.1. The Morgan fingerprint density at radius 1 is 1.59 bits per heavy atom. The molecular weight excluding hydrogens is 236 g/mol. The minimum Gasteiger partial charge on any atom is -0.309 e. The predicted molar refractivity (Wildman–Crippen MR) is 68.0 cm³/mol. The Kier molecular flexibility index (Phi) is 3.47. The number of rotatable bonds is 2. The van der Waals surface area contributed by atoms with E-state index in [0.29, 0.717) is 13.0 Å². The van der Waals surface area contributed by atoms with Crippen molar-refractivity contribution in [2.75, 3.05) is 11.4 Å². The van der Waals surface area contributed by atoms with E-state index in [1.807, 2.05) is 13.0 Å². The molecule has 1 saturated heterocycles. The number of carbonyl (C=O) groups excluding carboxylic acids is 2. The zero-order chi connectivity index (χ0) is 12.4. The van der Waals surface area contributed by atoms with Crippen molar-refractivity contribution < 1.29 is 9.59 Å². The molecule has 1 aliphatic rings. The van der Waals surface area contributed by atoms with Crippen LogP contribution in [0.15, 0.2) is 18.5 Å². The van der Waals surface area contributed by atoms with Crippen LogP contribution in [-0.2, 0) is 9.59 Å². The van der Waals surface area contributed by atoms with Gasteiger partial charge in [-0.05, 0) is 18.6 Å². The van der Waals surface area contributed by atoms with Crippen LogP contribution in [0.1, 0.15) is 18.9 Å². The summed E-state index contributed by atoms with van der Waals surface area (Å²) >= 11 is 1.25. The number of hydrogen-bond donors (Lipinski definition) is 0. The van der Waals surface area contributed by atoms with Gasteiger partial charge < -0.3 is 4.90 Å². The predicted octanol–water partition coefficient (Wildman–Crippen LogP) is 1.78. The van der Waals surface area contributed by atoms with E-state index in [9.17, 15) is 9.59 Å². The number of hydrogen-bond acceptors (Lipinski definition) is 4. The summed E-state index contributed by atoms with van der Waals surface area (Å²) in [4.78, 5) is 28.7. The van der Waals surface area contributed by atoms with Gasteiger partial charge in [0.1, 0.15) is 0 Å². The van der Waals surface area contributed by atoms with Gasteiger partial charge in [0.15, 0.2) is 5.12 Å². The number of aromatic nitrogens is 1. The molecule has 1 aromatic heterocycles. The van der Waals surface area contributed by atoms with Crippen LogP contribution in [0.5, 0.6) is 0 Å². The Morgan fingerprint density at radius 3 is 3.00 bits per heavy atom. The lowest BCUT2D eigenvalue weighted by Gasteiger charge is -2.17. The number of aryl methyl sites for hydroxylation is 1. The third-order valence-electron chi connectivity index (χ3n) is 2.72. The molecule has 1 unspecified atom stereocenters. The molecule has 17 heavy (non-hydrogen) atoms. The van der Waals surface area contributed by atoms with E-state index in [0.717, 1.165) is 11.3 Å².